The molecule has 1 amide bonds. The highest BCUT2D eigenvalue weighted by Gasteiger charge is 2.64. The van der Waals surface area contributed by atoms with Crippen molar-refractivity contribution >= 4 is 21.7 Å². The van der Waals surface area contributed by atoms with Gasteiger partial charge < -0.3 is 14.2 Å². The van der Waals surface area contributed by atoms with Gasteiger partial charge in [0.1, 0.15) is 22.7 Å². The van der Waals surface area contributed by atoms with Gasteiger partial charge in [-0.25, -0.2) is 22.8 Å². The number of nitrogens with one attached hydrogen (secondary N) is 1. The van der Waals surface area contributed by atoms with E-state index in [0.717, 1.165) is 6.42 Å². The molecule has 1 saturated carbocycles. The quantitative estimate of drug-likeness (QED) is 0.352. The second-order valence-electron chi connectivity index (χ2n) is 13.8. The molecule has 0 spiro atoms. The van der Waals surface area contributed by atoms with E-state index in [0.29, 0.717) is 17.9 Å². The fourth-order valence-corrected chi connectivity index (χ4v) is 6.98. The molecular formula is C30H39F3N6O4S. The van der Waals surface area contributed by atoms with E-state index in [9.17, 15) is 26.4 Å². The summed E-state index contributed by atoms with van der Waals surface area (Å²) in [5, 5.41) is 4.28. The molecule has 0 aromatic carbocycles. The molecule has 14 heteroatoms. The minimum Gasteiger partial charge on any atom is -0.476 e. The summed E-state index contributed by atoms with van der Waals surface area (Å²) in [6.07, 6.45) is 1.11. The summed E-state index contributed by atoms with van der Waals surface area (Å²) in [4.78, 5) is 20.4. The first-order valence-electron chi connectivity index (χ1n) is 14.5. The van der Waals surface area contributed by atoms with Crippen molar-refractivity contribution in [3.8, 4) is 11.7 Å². The van der Waals surface area contributed by atoms with E-state index in [1.807, 2.05) is 18.7 Å². The summed E-state index contributed by atoms with van der Waals surface area (Å²) in [6, 6.07) is 4.46. The zero-order valence-corrected chi connectivity index (χ0v) is 26.8. The van der Waals surface area contributed by atoms with Crippen molar-refractivity contribution in [1.82, 2.24) is 24.1 Å². The summed E-state index contributed by atoms with van der Waals surface area (Å²) in [5.41, 5.74) is -1.74. The van der Waals surface area contributed by atoms with Crippen molar-refractivity contribution in [2.45, 2.75) is 77.4 Å². The zero-order chi connectivity index (χ0) is 32.5. The molecule has 2 aliphatic rings. The third kappa shape index (κ3) is 6.04. The van der Waals surface area contributed by atoms with Gasteiger partial charge in [-0.3, -0.25) is 4.79 Å². The molecule has 4 heterocycles. The Balaban J connectivity index is 1.49. The molecule has 3 aromatic rings. The number of aromatic nitrogens is 4. The number of sulfonamides is 1. The largest absolute Gasteiger partial charge is 0.476 e. The van der Waals surface area contributed by atoms with Crippen molar-refractivity contribution in [2.75, 3.05) is 18.1 Å². The van der Waals surface area contributed by atoms with Crippen LogP contribution < -0.4 is 14.4 Å². The Morgan fingerprint density at radius 2 is 1.82 bits per heavy atom. The van der Waals surface area contributed by atoms with E-state index in [1.165, 1.54) is 35.3 Å². The van der Waals surface area contributed by atoms with E-state index in [1.54, 1.807) is 24.7 Å². The number of amides is 1. The van der Waals surface area contributed by atoms with Gasteiger partial charge in [0.15, 0.2) is 5.82 Å². The molecule has 10 nitrogen and oxygen atoms in total. The first-order valence-corrected chi connectivity index (χ1v) is 15.9. The monoisotopic (exact) mass is 636 g/mol. The lowest BCUT2D eigenvalue weighted by Gasteiger charge is -2.34. The second kappa shape index (κ2) is 10.5. The van der Waals surface area contributed by atoms with Gasteiger partial charge in [0.05, 0.1) is 5.56 Å². The minimum atomic E-state index is -4.34. The fraction of sp³-hybridized carbons (Fsp3) is 0.567. The maximum atomic E-state index is 13.6. The Hall–Kier alpha value is -3.55. The molecule has 1 aliphatic carbocycles. The molecule has 44 heavy (non-hydrogen) atoms. The second-order valence-corrected chi connectivity index (χ2v) is 15.5. The van der Waals surface area contributed by atoms with Crippen LogP contribution in [0.15, 0.2) is 41.7 Å². The molecule has 0 bridgehead atoms. The Morgan fingerprint density at radius 1 is 1.14 bits per heavy atom. The number of ether oxygens (including phenoxy) is 1. The highest BCUT2D eigenvalue weighted by molar-refractivity contribution is 7.90. The number of aryl methyl sites for hydroxylation is 2. The standard InChI is InChI=1S/C30H39F3N6O4S/c1-19-15-37(7)17-22(19)44(41,42)36-26(40)21-8-9-23(34-25(21)38-16-20(27(2,3)4)14-28(38,5)6)39-13-10-24(35-39)43-18-29(11-12-29)30(31,32)33/h8-10,13,15,17,20H,11-12,14,16,18H2,1-7H3,(H,36,40). The molecule has 240 valence electrons. The van der Waals surface area contributed by atoms with Gasteiger partial charge in [-0.15, -0.1) is 5.10 Å². The minimum absolute atomic E-state index is 0.00338. The lowest BCUT2D eigenvalue weighted by molar-refractivity contribution is -0.194. The molecule has 1 aliphatic heterocycles. The third-order valence-corrected chi connectivity index (χ3v) is 10.3. The maximum absolute atomic E-state index is 13.6. The molecule has 1 atom stereocenters. The van der Waals surface area contributed by atoms with Crippen molar-refractivity contribution in [2.24, 2.45) is 23.8 Å². The van der Waals surface area contributed by atoms with Crippen LogP contribution in [-0.4, -0.2) is 58.5 Å². The number of halogens is 3. The number of carbonyl (C=O) groups excluding carboxylic acids is 1. The molecule has 0 radical (unpaired) electrons. The normalized spacial score (nSPS) is 19.7. The first kappa shape index (κ1) is 31.9. The van der Waals surface area contributed by atoms with Gasteiger partial charge >= 0.3 is 6.18 Å². The highest BCUT2D eigenvalue weighted by atomic mass is 32.2. The SMILES string of the molecule is Cc1cn(C)cc1S(=O)(=O)NC(=O)c1ccc(-n2ccc(OCC3(C(F)(F)F)CC3)n2)nc1N1CC(C(C)(C)C)CC1(C)C. The van der Waals surface area contributed by atoms with E-state index in [4.69, 9.17) is 9.72 Å². The molecule has 5 rings (SSSR count). The molecular weight excluding hydrogens is 597 g/mol. The molecule has 1 saturated heterocycles. The average molecular weight is 637 g/mol. The number of anilines is 1. The number of carbonyl (C=O) groups is 1. The highest BCUT2D eigenvalue weighted by Crippen LogP contribution is 2.57. The van der Waals surface area contributed by atoms with Crippen molar-refractivity contribution in [3.63, 3.8) is 0 Å². The van der Waals surface area contributed by atoms with Crippen molar-refractivity contribution < 1.29 is 31.1 Å². The van der Waals surface area contributed by atoms with Crippen LogP contribution in [0, 0.1) is 23.7 Å². The van der Waals surface area contributed by atoms with Gasteiger partial charge in [-0.05, 0) is 69.1 Å². The topological polar surface area (TPSA) is 111 Å². The van der Waals surface area contributed by atoms with Gasteiger partial charge in [0, 0.05) is 43.8 Å². The summed E-state index contributed by atoms with van der Waals surface area (Å²) in [6.45, 7) is 12.3. The Labute approximate surface area is 255 Å². The summed E-state index contributed by atoms with van der Waals surface area (Å²) < 4.78 is 77.1. The summed E-state index contributed by atoms with van der Waals surface area (Å²) in [7, 11) is -2.49. The van der Waals surface area contributed by atoms with Gasteiger partial charge in [-0.2, -0.15) is 13.2 Å². The number of hydrogen-bond acceptors (Lipinski definition) is 7. The smallest absolute Gasteiger partial charge is 0.397 e. The molecule has 1 N–H and O–H groups in total. The number of alkyl halides is 3. The summed E-state index contributed by atoms with van der Waals surface area (Å²) >= 11 is 0. The van der Waals surface area contributed by atoms with Gasteiger partial charge in [0.25, 0.3) is 15.9 Å². The lowest BCUT2D eigenvalue weighted by atomic mass is 9.78. The average Bonchev–Trinajstić information content (AvgIpc) is 3.23. The zero-order valence-electron chi connectivity index (χ0n) is 26.0. The first-order chi connectivity index (χ1) is 20.2. The van der Waals surface area contributed by atoms with Crippen LogP contribution in [-0.2, 0) is 17.1 Å². The molecule has 3 aromatic heterocycles. The van der Waals surface area contributed by atoms with Crippen LogP contribution in [0.2, 0.25) is 0 Å². The van der Waals surface area contributed by atoms with Crippen LogP contribution in [0.3, 0.4) is 0 Å². The Morgan fingerprint density at radius 3 is 2.36 bits per heavy atom. The number of hydrogen-bond donors (Lipinski definition) is 1. The van der Waals surface area contributed by atoms with E-state index >= 15 is 0 Å². The molecule has 2 fully saturated rings. The van der Waals surface area contributed by atoms with Gasteiger partial charge in [0.2, 0.25) is 5.88 Å². The van der Waals surface area contributed by atoms with Crippen LogP contribution in [0.25, 0.3) is 5.82 Å². The number of nitrogens with zero attached hydrogens (tertiary/aromatic N) is 5. The van der Waals surface area contributed by atoms with E-state index in [2.05, 4.69) is 30.6 Å². The van der Waals surface area contributed by atoms with Crippen LogP contribution in [0.5, 0.6) is 5.88 Å². The van der Waals surface area contributed by atoms with Crippen molar-refractivity contribution in [3.05, 3.63) is 47.9 Å². The van der Waals surface area contributed by atoms with Crippen LogP contribution >= 0.6 is 0 Å². The number of rotatable bonds is 8. The van der Waals surface area contributed by atoms with E-state index in [-0.39, 0.29) is 46.3 Å². The van der Waals surface area contributed by atoms with Crippen LogP contribution in [0.4, 0.5) is 19.0 Å². The lowest BCUT2D eigenvalue weighted by Crippen LogP contribution is -2.41. The summed E-state index contributed by atoms with van der Waals surface area (Å²) in [5.74, 6) is 0.0134. The predicted molar refractivity (Wildman–Crippen MR) is 158 cm³/mol. The molecule has 1 unspecified atom stereocenters. The maximum Gasteiger partial charge on any atom is 0.397 e. The van der Waals surface area contributed by atoms with Crippen LogP contribution in [0.1, 0.15) is 69.8 Å². The fourth-order valence-electron chi connectivity index (χ4n) is 5.74. The van der Waals surface area contributed by atoms with E-state index < -0.39 is 39.7 Å². The number of pyridine rings is 1. The predicted octanol–water partition coefficient (Wildman–Crippen LogP) is 5.41. The Bertz CT molecular complexity index is 1680. The third-order valence-electron chi connectivity index (χ3n) is 8.84. The Kier molecular flexibility index (Phi) is 7.62. The van der Waals surface area contributed by atoms with Gasteiger partial charge in [-0.1, -0.05) is 20.8 Å². The van der Waals surface area contributed by atoms with Crippen molar-refractivity contribution in [1.29, 1.82) is 0 Å².